The number of rotatable bonds is 4. The molecule has 2 amide bonds. The lowest BCUT2D eigenvalue weighted by Crippen LogP contribution is -2.46. The zero-order valence-corrected chi connectivity index (χ0v) is 10.9. The second-order valence-electron chi connectivity index (χ2n) is 4.48. The highest BCUT2D eigenvalue weighted by molar-refractivity contribution is 5.98. The van der Waals surface area contributed by atoms with Crippen molar-refractivity contribution in [3.63, 3.8) is 0 Å². The molecule has 5 heteroatoms. The van der Waals surface area contributed by atoms with Crippen LogP contribution in [0.4, 0.5) is 5.69 Å². The molecule has 0 aliphatic rings. The molecule has 0 aliphatic carbocycles. The van der Waals surface area contributed by atoms with Gasteiger partial charge in [0, 0.05) is 17.3 Å². The Balaban J connectivity index is 2.62. The van der Waals surface area contributed by atoms with Gasteiger partial charge in [-0.05, 0) is 39.0 Å². The van der Waals surface area contributed by atoms with Crippen LogP contribution in [0, 0.1) is 0 Å². The molecule has 1 unspecified atom stereocenters. The van der Waals surface area contributed by atoms with Crippen molar-refractivity contribution in [3.8, 4) is 0 Å². The van der Waals surface area contributed by atoms with E-state index in [9.17, 15) is 9.59 Å². The monoisotopic (exact) mass is 249 g/mol. The first kappa shape index (κ1) is 14.0. The number of carbonyl (C=O) groups excluding carboxylic acids is 2. The lowest BCUT2D eigenvalue weighted by atomic mass is 10.1. The molecule has 0 heterocycles. The SMILES string of the molecule is CC(C)NC(=O)C(C)NC(=O)c1cccc(N)c1. The summed E-state index contributed by atoms with van der Waals surface area (Å²) >= 11 is 0. The predicted octanol–water partition coefficient (Wildman–Crippen LogP) is 0.912. The Kier molecular flexibility index (Phi) is 4.71. The Morgan fingerprint density at radius 1 is 1.17 bits per heavy atom. The second kappa shape index (κ2) is 6.05. The van der Waals surface area contributed by atoms with Crippen molar-refractivity contribution in [1.29, 1.82) is 0 Å². The number of nitrogen functional groups attached to an aromatic ring is 1. The topological polar surface area (TPSA) is 84.2 Å². The maximum atomic E-state index is 11.9. The van der Waals surface area contributed by atoms with Gasteiger partial charge >= 0.3 is 0 Å². The third kappa shape index (κ3) is 4.08. The van der Waals surface area contributed by atoms with Crippen molar-refractivity contribution in [2.45, 2.75) is 32.9 Å². The number of benzene rings is 1. The smallest absolute Gasteiger partial charge is 0.251 e. The first-order valence-electron chi connectivity index (χ1n) is 5.87. The molecule has 0 bridgehead atoms. The van der Waals surface area contributed by atoms with Crippen LogP contribution < -0.4 is 16.4 Å². The summed E-state index contributed by atoms with van der Waals surface area (Å²) in [5.74, 6) is -0.518. The van der Waals surface area contributed by atoms with Crippen molar-refractivity contribution in [2.75, 3.05) is 5.73 Å². The van der Waals surface area contributed by atoms with Gasteiger partial charge in [0.25, 0.3) is 5.91 Å². The number of hydrogen-bond acceptors (Lipinski definition) is 3. The summed E-state index contributed by atoms with van der Waals surface area (Å²) in [7, 11) is 0. The molecule has 0 fully saturated rings. The van der Waals surface area contributed by atoms with Gasteiger partial charge in [-0.3, -0.25) is 9.59 Å². The number of nitrogens with one attached hydrogen (secondary N) is 2. The van der Waals surface area contributed by atoms with E-state index in [1.165, 1.54) is 0 Å². The highest BCUT2D eigenvalue weighted by atomic mass is 16.2. The molecule has 1 rings (SSSR count). The summed E-state index contributed by atoms with van der Waals surface area (Å²) in [4.78, 5) is 23.5. The number of anilines is 1. The zero-order chi connectivity index (χ0) is 13.7. The van der Waals surface area contributed by atoms with Crippen LogP contribution in [0.5, 0.6) is 0 Å². The summed E-state index contributed by atoms with van der Waals surface area (Å²) in [6.07, 6.45) is 0. The summed E-state index contributed by atoms with van der Waals surface area (Å²) in [5, 5.41) is 5.35. The summed E-state index contributed by atoms with van der Waals surface area (Å²) in [6.45, 7) is 5.37. The third-order valence-electron chi connectivity index (χ3n) is 2.32. The molecule has 0 aliphatic heterocycles. The second-order valence-corrected chi connectivity index (χ2v) is 4.48. The van der Waals surface area contributed by atoms with E-state index in [-0.39, 0.29) is 17.9 Å². The van der Waals surface area contributed by atoms with Gasteiger partial charge in [-0.2, -0.15) is 0 Å². The Morgan fingerprint density at radius 3 is 2.39 bits per heavy atom. The largest absolute Gasteiger partial charge is 0.399 e. The average molecular weight is 249 g/mol. The fourth-order valence-electron chi connectivity index (χ4n) is 1.43. The van der Waals surface area contributed by atoms with Crippen molar-refractivity contribution in [1.82, 2.24) is 10.6 Å². The van der Waals surface area contributed by atoms with Crippen molar-refractivity contribution in [3.05, 3.63) is 29.8 Å². The predicted molar refractivity (Wildman–Crippen MR) is 71.1 cm³/mol. The summed E-state index contributed by atoms with van der Waals surface area (Å²) < 4.78 is 0. The summed E-state index contributed by atoms with van der Waals surface area (Å²) in [6, 6.07) is 6.08. The van der Waals surface area contributed by atoms with Gasteiger partial charge in [0.15, 0.2) is 0 Å². The highest BCUT2D eigenvalue weighted by Crippen LogP contribution is 2.06. The molecule has 0 radical (unpaired) electrons. The fraction of sp³-hybridized carbons (Fsp3) is 0.385. The Morgan fingerprint density at radius 2 is 1.83 bits per heavy atom. The quantitative estimate of drug-likeness (QED) is 0.693. The van der Waals surface area contributed by atoms with Crippen LogP contribution in [0.1, 0.15) is 31.1 Å². The highest BCUT2D eigenvalue weighted by Gasteiger charge is 2.16. The van der Waals surface area contributed by atoms with Crippen molar-refractivity contribution >= 4 is 17.5 Å². The van der Waals surface area contributed by atoms with Crippen LogP contribution in [-0.2, 0) is 4.79 Å². The minimum absolute atomic E-state index is 0.0456. The van der Waals surface area contributed by atoms with Crippen LogP contribution in [0.15, 0.2) is 24.3 Å². The molecule has 18 heavy (non-hydrogen) atoms. The van der Waals surface area contributed by atoms with Crippen LogP contribution in [0.2, 0.25) is 0 Å². The maximum Gasteiger partial charge on any atom is 0.251 e. The van der Waals surface area contributed by atoms with Crippen LogP contribution in [-0.4, -0.2) is 23.9 Å². The van der Waals surface area contributed by atoms with Gasteiger partial charge in [0.2, 0.25) is 5.91 Å². The van der Waals surface area contributed by atoms with Crippen molar-refractivity contribution < 1.29 is 9.59 Å². The van der Waals surface area contributed by atoms with E-state index >= 15 is 0 Å². The Hall–Kier alpha value is -2.04. The van der Waals surface area contributed by atoms with Crippen LogP contribution in [0.25, 0.3) is 0 Å². The Bertz CT molecular complexity index is 444. The molecule has 98 valence electrons. The number of hydrogen-bond donors (Lipinski definition) is 3. The molecule has 4 N–H and O–H groups in total. The molecular weight excluding hydrogens is 230 g/mol. The number of nitrogens with two attached hydrogens (primary N) is 1. The zero-order valence-electron chi connectivity index (χ0n) is 10.9. The van der Waals surface area contributed by atoms with E-state index in [0.29, 0.717) is 11.3 Å². The van der Waals surface area contributed by atoms with Gasteiger partial charge < -0.3 is 16.4 Å². The first-order chi connectivity index (χ1) is 8.40. The van der Waals surface area contributed by atoms with E-state index in [2.05, 4.69) is 10.6 Å². The molecular formula is C13H19N3O2. The molecule has 0 saturated carbocycles. The minimum Gasteiger partial charge on any atom is -0.399 e. The molecule has 5 nitrogen and oxygen atoms in total. The van der Waals surface area contributed by atoms with Gasteiger partial charge in [-0.15, -0.1) is 0 Å². The molecule has 0 spiro atoms. The molecule has 0 saturated heterocycles. The summed E-state index contributed by atoms with van der Waals surface area (Å²) in [5.41, 5.74) is 6.55. The third-order valence-corrected chi connectivity index (χ3v) is 2.32. The normalized spacial score (nSPS) is 12.0. The maximum absolute atomic E-state index is 11.9. The Labute approximate surface area is 107 Å². The van der Waals surface area contributed by atoms with Gasteiger partial charge in [0.1, 0.15) is 6.04 Å². The van der Waals surface area contributed by atoms with Crippen LogP contribution in [0.3, 0.4) is 0 Å². The number of carbonyl (C=O) groups is 2. The molecule has 1 aromatic rings. The fourth-order valence-corrected chi connectivity index (χ4v) is 1.43. The number of amides is 2. The van der Waals surface area contributed by atoms with E-state index < -0.39 is 6.04 Å². The lowest BCUT2D eigenvalue weighted by Gasteiger charge is -2.16. The lowest BCUT2D eigenvalue weighted by molar-refractivity contribution is -0.123. The first-order valence-corrected chi connectivity index (χ1v) is 5.87. The standard InChI is InChI=1S/C13H19N3O2/c1-8(2)15-12(17)9(3)16-13(18)10-5-4-6-11(14)7-10/h4-9H,14H2,1-3H3,(H,15,17)(H,16,18). The molecule has 1 atom stereocenters. The van der Waals surface area contributed by atoms with Gasteiger partial charge in [-0.25, -0.2) is 0 Å². The van der Waals surface area contributed by atoms with Crippen LogP contribution >= 0.6 is 0 Å². The molecule has 1 aromatic carbocycles. The van der Waals surface area contributed by atoms with E-state index in [1.54, 1.807) is 31.2 Å². The minimum atomic E-state index is -0.582. The van der Waals surface area contributed by atoms with E-state index in [0.717, 1.165) is 0 Å². The average Bonchev–Trinajstić information content (AvgIpc) is 2.27. The van der Waals surface area contributed by atoms with Crippen molar-refractivity contribution in [2.24, 2.45) is 0 Å². The van der Waals surface area contributed by atoms with E-state index in [1.807, 2.05) is 13.8 Å². The van der Waals surface area contributed by atoms with Gasteiger partial charge in [-0.1, -0.05) is 6.07 Å². The molecule has 0 aromatic heterocycles. The van der Waals surface area contributed by atoms with E-state index in [4.69, 9.17) is 5.73 Å². The van der Waals surface area contributed by atoms with Gasteiger partial charge in [0.05, 0.1) is 0 Å².